The van der Waals surface area contributed by atoms with E-state index in [-0.39, 0.29) is 0 Å². The zero-order valence-corrected chi connectivity index (χ0v) is 18.1. The summed E-state index contributed by atoms with van der Waals surface area (Å²) in [6.07, 6.45) is 2.08. The molecule has 7 heteroatoms. The van der Waals surface area contributed by atoms with Crippen molar-refractivity contribution in [2.45, 2.75) is 39.8 Å². The van der Waals surface area contributed by atoms with Gasteiger partial charge in [0.1, 0.15) is 0 Å². The van der Waals surface area contributed by atoms with Gasteiger partial charge in [-0.05, 0) is 30.5 Å². The highest BCUT2D eigenvalue weighted by Gasteiger charge is 2.15. The molecule has 2 aromatic rings. The minimum atomic E-state index is 0.385. The Morgan fingerprint density at radius 3 is 2.68 bits per heavy atom. The predicted molar refractivity (Wildman–Crippen MR) is 113 cm³/mol. The van der Waals surface area contributed by atoms with Crippen LogP contribution in [0.15, 0.2) is 29.4 Å². The highest BCUT2D eigenvalue weighted by atomic mass is 16.5. The molecule has 1 aromatic carbocycles. The van der Waals surface area contributed by atoms with Crippen molar-refractivity contribution >= 4 is 5.96 Å². The van der Waals surface area contributed by atoms with Gasteiger partial charge in [-0.15, -0.1) is 0 Å². The lowest BCUT2D eigenvalue weighted by atomic mass is 10.1. The number of ether oxygens (including phenoxy) is 2. The molecule has 1 aromatic heterocycles. The summed E-state index contributed by atoms with van der Waals surface area (Å²) in [6, 6.07) is 5.96. The predicted octanol–water partition coefficient (Wildman–Crippen LogP) is 3.16. The molecule has 0 saturated carbocycles. The summed E-state index contributed by atoms with van der Waals surface area (Å²) in [5, 5.41) is 8.01. The van der Waals surface area contributed by atoms with Crippen LogP contribution in [0.5, 0.6) is 11.5 Å². The molecule has 0 aliphatic carbocycles. The van der Waals surface area contributed by atoms with Gasteiger partial charge in [-0.1, -0.05) is 19.9 Å². The van der Waals surface area contributed by atoms with Gasteiger partial charge >= 0.3 is 0 Å². The second-order valence-corrected chi connectivity index (χ2v) is 7.04. The summed E-state index contributed by atoms with van der Waals surface area (Å²) in [4.78, 5) is 6.53. The lowest BCUT2D eigenvalue weighted by Crippen LogP contribution is -2.38. The van der Waals surface area contributed by atoms with Crippen LogP contribution in [0, 0.1) is 0 Å². The summed E-state index contributed by atoms with van der Waals surface area (Å²) in [5.41, 5.74) is 3.44. The summed E-state index contributed by atoms with van der Waals surface area (Å²) >= 11 is 0. The first-order chi connectivity index (χ1) is 13.4. The monoisotopic (exact) mass is 387 g/mol. The Balaban J connectivity index is 2.05. The molecule has 1 heterocycles. The van der Waals surface area contributed by atoms with Crippen molar-refractivity contribution in [2.24, 2.45) is 12.0 Å². The molecule has 0 aliphatic rings. The third-order valence-electron chi connectivity index (χ3n) is 4.44. The fraction of sp³-hybridized carbons (Fsp3) is 0.524. The van der Waals surface area contributed by atoms with Gasteiger partial charge in [-0.3, -0.25) is 9.67 Å². The summed E-state index contributed by atoms with van der Waals surface area (Å²) in [6.45, 7) is 8.28. The molecule has 0 atom stereocenters. The maximum atomic E-state index is 5.66. The van der Waals surface area contributed by atoms with Crippen molar-refractivity contribution in [1.82, 2.24) is 20.0 Å². The number of nitrogens with one attached hydrogen (secondary N) is 1. The van der Waals surface area contributed by atoms with Gasteiger partial charge in [0.05, 0.1) is 19.4 Å². The van der Waals surface area contributed by atoms with Crippen molar-refractivity contribution < 1.29 is 9.47 Å². The topological polar surface area (TPSA) is 63.9 Å². The maximum Gasteiger partial charge on any atom is 0.193 e. The number of aliphatic imine (C=N–C) groups is 1. The highest BCUT2D eigenvalue weighted by molar-refractivity contribution is 5.79. The highest BCUT2D eigenvalue weighted by Crippen LogP contribution is 2.28. The van der Waals surface area contributed by atoms with Crippen LogP contribution < -0.4 is 14.8 Å². The number of nitrogens with zero attached hydrogens (tertiary/aromatic N) is 4. The first-order valence-electron chi connectivity index (χ1n) is 9.63. The average molecular weight is 388 g/mol. The molecule has 7 nitrogen and oxygen atoms in total. The molecule has 0 unspecified atom stereocenters. The van der Waals surface area contributed by atoms with E-state index >= 15 is 0 Å². The molecular formula is C21H33N5O2. The number of rotatable bonds is 8. The summed E-state index contributed by atoms with van der Waals surface area (Å²) in [5.74, 6) is 2.71. The zero-order chi connectivity index (χ0) is 20.7. The van der Waals surface area contributed by atoms with Crippen LogP contribution in [0.2, 0.25) is 0 Å². The fourth-order valence-electron chi connectivity index (χ4n) is 3.16. The van der Waals surface area contributed by atoms with E-state index in [1.54, 1.807) is 14.2 Å². The lowest BCUT2D eigenvalue weighted by molar-refractivity contribution is 0.310. The fourth-order valence-corrected chi connectivity index (χ4v) is 3.16. The SMILES string of the molecule is CCOc1cc(CNC(=NC)N(C)Cc2cn(C)nc2C(C)C)ccc1OC. The van der Waals surface area contributed by atoms with E-state index in [0.29, 0.717) is 19.1 Å². The standard InChI is InChI=1S/C21H33N5O2/c1-8-28-19-11-16(9-10-18(19)27-7)12-23-21(22-4)25(5)13-17-14-26(6)24-20(17)15(2)3/h9-11,14-15H,8,12-13H2,1-7H3,(H,22,23). The second kappa shape index (κ2) is 10.0. The van der Waals surface area contributed by atoms with Crippen LogP contribution >= 0.6 is 0 Å². The maximum absolute atomic E-state index is 5.66. The van der Waals surface area contributed by atoms with Gasteiger partial charge in [-0.2, -0.15) is 5.10 Å². The number of hydrogen-bond donors (Lipinski definition) is 1. The van der Waals surface area contributed by atoms with Crippen molar-refractivity contribution in [3.05, 3.63) is 41.2 Å². The van der Waals surface area contributed by atoms with Crippen molar-refractivity contribution in [1.29, 1.82) is 0 Å². The Hall–Kier alpha value is -2.70. The summed E-state index contributed by atoms with van der Waals surface area (Å²) < 4.78 is 12.9. The third kappa shape index (κ3) is 5.41. The Morgan fingerprint density at radius 2 is 2.07 bits per heavy atom. The van der Waals surface area contributed by atoms with E-state index in [1.165, 1.54) is 5.56 Å². The van der Waals surface area contributed by atoms with Crippen molar-refractivity contribution in [2.75, 3.05) is 27.8 Å². The molecule has 1 N–H and O–H groups in total. The van der Waals surface area contributed by atoms with E-state index < -0.39 is 0 Å². The minimum Gasteiger partial charge on any atom is -0.493 e. The second-order valence-electron chi connectivity index (χ2n) is 7.04. The Labute approximate surface area is 168 Å². The third-order valence-corrected chi connectivity index (χ3v) is 4.44. The van der Waals surface area contributed by atoms with Gasteiger partial charge in [0.2, 0.25) is 0 Å². The van der Waals surface area contributed by atoms with Gasteiger partial charge < -0.3 is 19.7 Å². The molecule has 0 amide bonds. The van der Waals surface area contributed by atoms with E-state index in [2.05, 4.69) is 40.4 Å². The van der Waals surface area contributed by atoms with Gasteiger partial charge in [0.25, 0.3) is 0 Å². The number of guanidine groups is 1. The van der Waals surface area contributed by atoms with E-state index in [9.17, 15) is 0 Å². The van der Waals surface area contributed by atoms with Gasteiger partial charge in [-0.25, -0.2) is 0 Å². The Morgan fingerprint density at radius 1 is 1.32 bits per heavy atom. The van der Waals surface area contributed by atoms with E-state index in [0.717, 1.165) is 35.3 Å². The van der Waals surface area contributed by atoms with E-state index in [1.807, 2.05) is 43.9 Å². The molecule has 0 bridgehead atoms. The molecule has 2 rings (SSSR count). The number of aromatic nitrogens is 2. The van der Waals surface area contributed by atoms with Crippen LogP contribution in [0.4, 0.5) is 0 Å². The largest absolute Gasteiger partial charge is 0.493 e. The molecule has 0 fully saturated rings. The molecular weight excluding hydrogens is 354 g/mol. The van der Waals surface area contributed by atoms with E-state index in [4.69, 9.17) is 9.47 Å². The van der Waals surface area contributed by atoms with Crippen LogP contribution in [-0.4, -0.2) is 48.5 Å². The molecule has 154 valence electrons. The number of aryl methyl sites for hydroxylation is 1. The molecule has 0 aliphatic heterocycles. The van der Waals surface area contributed by atoms with Gasteiger partial charge in [0, 0.05) is 46.0 Å². The first-order valence-corrected chi connectivity index (χ1v) is 9.63. The van der Waals surface area contributed by atoms with Crippen LogP contribution in [0.3, 0.4) is 0 Å². The number of hydrogen-bond acceptors (Lipinski definition) is 4. The minimum absolute atomic E-state index is 0.385. The zero-order valence-electron chi connectivity index (χ0n) is 18.1. The smallest absolute Gasteiger partial charge is 0.193 e. The van der Waals surface area contributed by atoms with Crippen LogP contribution in [0.25, 0.3) is 0 Å². The van der Waals surface area contributed by atoms with Crippen LogP contribution in [-0.2, 0) is 20.1 Å². The molecule has 0 spiro atoms. The van der Waals surface area contributed by atoms with Crippen LogP contribution in [0.1, 0.15) is 43.5 Å². The summed E-state index contributed by atoms with van der Waals surface area (Å²) in [7, 11) is 7.44. The number of benzene rings is 1. The first kappa shape index (κ1) is 21.6. The number of methoxy groups -OCH3 is 1. The normalized spacial score (nSPS) is 11.6. The van der Waals surface area contributed by atoms with Crippen molar-refractivity contribution in [3.8, 4) is 11.5 Å². The lowest BCUT2D eigenvalue weighted by Gasteiger charge is -2.22. The average Bonchev–Trinajstić information content (AvgIpc) is 3.03. The quantitative estimate of drug-likeness (QED) is 0.557. The molecule has 0 radical (unpaired) electrons. The Kier molecular flexibility index (Phi) is 7.72. The molecule has 0 saturated heterocycles. The van der Waals surface area contributed by atoms with Gasteiger partial charge in [0.15, 0.2) is 17.5 Å². The molecule has 28 heavy (non-hydrogen) atoms. The van der Waals surface area contributed by atoms with Crippen molar-refractivity contribution in [3.63, 3.8) is 0 Å². The Bertz CT molecular complexity index is 798.